The molecular weight excluding hydrogens is 388 g/mol. The van der Waals surface area contributed by atoms with Crippen LogP contribution < -0.4 is 4.72 Å². The zero-order chi connectivity index (χ0) is 20.3. The van der Waals surface area contributed by atoms with Gasteiger partial charge in [0.1, 0.15) is 11.6 Å². The highest BCUT2D eigenvalue weighted by Gasteiger charge is 2.20. The highest BCUT2D eigenvalue weighted by molar-refractivity contribution is 7.92. The largest absolute Gasteiger partial charge is 0.465 e. The van der Waals surface area contributed by atoms with Crippen LogP contribution in [0.4, 0.5) is 14.5 Å². The van der Waals surface area contributed by atoms with Gasteiger partial charge < -0.3 is 4.74 Å². The standard InChI is InChI=1S/C20H13F2NO4S/c1-27-20(24)14-8-5-9-15(10-14)28(25,26)23-19-11-16(17(21)12-18(19)22)13-6-3-2-4-7-13/h3,5-12,23H,1H3. The Morgan fingerprint density at radius 1 is 1.07 bits per heavy atom. The molecular formula is C20H13F2NO4S. The van der Waals surface area contributed by atoms with E-state index >= 15 is 0 Å². The Hall–Kier alpha value is -3.44. The second-order valence-corrected chi connectivity index (χ2v) is 7.34. The topological polar surface area (TPSA) is 72.5 Å². The maximum absolute atomic E-state index is 14.2. The van der Waals surface area contributed by atoms with Crippen LogP contribution in [0.15, 0.2) is 59.5 Å². The summed E-state index contributed by atoms with van der Waals surface area (Å²) in [5.74, 6) is -2.66. The summed E-state index contributed by atoms with van der Waals surface area (Å²) in [6.45, 7) is 0. The number of carbonyl (C=O) groups excluding carboxylic acids is 1. The summed E-state index contributed by atoms with van der Waals surface area (Å²) in [5, 5.41) is 0. The summed E-state index contributed by atoms with van der Waals surface area (Å²) in [6.07, 6.45) is 0. The van der Waals surface area contributed by atoms with Crippen molar-refractivity contribution in [1.29, 1.82) is 0 Å². The molecule has 142 valence electrons. The normalized spacial score (nSPS) is 10.8. The molecule has 0 aliphatic carbocycles. The number of carbonyl (C=O) groups is 1. The monoisotopic (exact) mass is 401 g/mol. The highest BCUT2D eigenvalue weighted by Crippen LogP contribution is 2.29. The lowest BCUT2D eigenvalue weighted by Gasteiger charge is -2.12. The predicted molar refractivity (Wildman–Crippen MR) is 98.1 cm³/mol. The molecule has 8 heteroatoms. The lowest BCUT2D eigenvalue weighted by Crippen LogP contribution is -2.15. The maximum Gasteiger partial charge on any atom is 0.337 e. The molecule has 3 aromatic rings. The van der Waals surface area contributed by atoms with Gasteiger partial charge in [0.05, 0.1) is 23.3 Å². The third kappa shape index (κ3) is 3.94. The number of hydrogen-bond donors (Lipinski definition) is 1. The number of rotatable bonds is 5. The minimum atomic E-state index is -4.25. The van der Waals surface area contributed by atoms with Gasteiger partial charge in [-0.05, 0) is 48.0 Å². The minimum Gasteiger partial charge on any atom is -0.465 e. The molecule has 0 radical (unpaired) electrons. The minimum absolute atomic E-state index is 0.00679. The molecule has 0 aromatic heterocycles. The SMILES string of the molecule is COC(=O)c1cccc(S(=O)(=O)Nc2cc(-c3cc#ccc3)c(F)cc2F)c1. The van der Waals surface area contributed by atoms with Gasteiger partial charge in [-0.25, -0.2) is 22.0 Å². The van der Waals surface area contributed by atoms with Crippen molar-refractivity contribution in [1.82, 2.24) is 0 Å². The Morgan fingerprint density at radius 2 is 1.86 bits per heavy atom. The average Bonchev–Trinajstić information content (AvgIpc) is 2.70. The second kappa shape index (κ2) is 7.66. The molecule has 3 rings (SSSR count). The molecule has 0 saturated carbocycles. The van der Waals surface area contributed by atoms with Gasteiger partial charge in [-0.3, -0.25) is 4.72 Å². The zero-order valence-corrected chi connectivity index (χ0v) is 15.3. The van der Waals surface area contributed by atoms with Crippen molar-refractivity contribution < 1.29 is 26.7 Å². The first kappa shape index (κ1) is 19.3. The summed E-state index contributed by atoms with van der Waals surface area (Å²) in [5.41, 5.74) is -0.0496. The van der Waals surface area contributed by atoms with Crippen LogP contribution in [0.3, 0.4) is 0 Å². The van der Waals surface area contributed by atoms with Crippen molar-refractivity contribution in [2.45, 2.75) is 4.90 Å². The fourth-order valence-electron chi connectivity index (χ4n) is 2.47. The van der Waals surface area contributed by atoms with Gasteiger partial charge in [-0.1, -0.05) is 18.2 Å². The Morgan fingerprint density at radius 3 is 2.54 bits per heavy atom. The quantitative estimate of drug-likeness (QED) is 0.660. The molecule has 0 bridgehead atoms. The maximum atomic E-state index is 14.2. The number of hydrogen-bond acceptors (Lipinski definition) is 4. The van der Waals surface area contributed by atoms with E-state index in [1.807, 2.05) is 0 Å². The number of esters is 1. The van der Waals surface area contributed by atoms with Gasteiger partial charge in [-0.15, -0.1) is 0 Å². The third-order valence-corrected chi connectivity index (χ3v) is 5.20. The van der Waals surface area contributed by atoms with E-state index in [0.29, 0.717) is 11.6 Å². The van der Waals surface area contributed by atoms with Crippen LogP contribution >= 0.6 is 0 Å². The number of halogens is 2. The number of ether oxygens (including phenoxy) is 1. The van der Waals surface area contributed by atoms with Crippen molar-refractivity contribution in [3.05, 3.63) is 83.9 Å². The lowest BCUT2D eigenvalue weighted by molar-refractivity contribution is 0.0600. The number of benzene rings is 2. The molecule has 0 amide bonds. The molecule has 28 heavy (non-hydrogen) atoms. The van der Waals surface area contributed by atoms with E-state index in [-0.39, 0.29) is 16.0 Å². The molecule has 0 aliphatic rings. The van der Waals surface area contributed by atoms with E-state index in [2.05, 4.69) is 21.6 Å². The predicted octanol–water partition coefficient (Wildman–Crippen LogP) is 3.82. The molecule has 0 aliphatic heterocycles. The van der Waals surface area contributed by atoms with E-state index < -0.39 is 33.3 Å². The van der Waals surface area contributed by atoms with E-state index in [4.69, 9.17) is 0 Å². The lowest BCUT2D eigenvalue weighted by atomic mass is 10.1. The van der Waals surface area contributed by atoms with E-state index in [1.54, 1.807) is 0 Å². The second-order valence-electron chi connectivity index (χ2n) is 5.66. The van der Waals surface area contributed by atoms with Gasteiger partial charge >= 0.3 is 5.97 Å². The first-order valence-corrected chi connectivity index (χ1v) is 9.38. The number of sulfonamides is 1. The molecule has 1 N–H and O–H groups in total. The molecule has 5 nitrogen and oxygen atoms in total. The van der Waals surface area contributed by atoms with Gasteiger partial charge in [0.2, 0.25) is 0 Å². The van der Waals surface area contributed by atoms with Crippen molar-refractivity contribution in [3.63, 3.8) is 0 Å². The molecule has 0 unspecified atom stereocenters. The fourth-order valence-corrected chi connectivity index (χ4v) is 3.58. The van der Waals surface area contributed by atoms with Gasteiger partial charge in [0, 0.05) is 11.6 Å². The van der Waals surface area contributed by atoms with E-state index in [1.165, 1.54) is 36.4 Å². The first-order valence-electron chi connectivity index (χ1n) is 7.90. The Labute approximate surface area is 160 Å². The average molecular weight is 401 g/mol. The Kier molecular flexibility index (Phi) is 5.29. The van der Waals surface area contributed by atoms with E-state index in [0.717, 1.165) is 19.2 Å². The third-order valence-electron chi connectivity index (χ3n) is 3.83. The molecule has 0 spiro atoms. The summed E-state index contributed by atoms with van der Waals surface area (Å²) >= 11 is 0. The van der Waals surface area contributed by atoms with Crippen LogP contribution in [0, 0.1) is 23.8 Å². The molecule has 0 heterocycles. The van der Waals surface area contributed by atoms with Crippen LogP contribution in [0.25, 0.3) is 11.1 Å². The highest BCUT2D eigenvalue weighted by atomic mass is 32.2. The van der Waals surface area contributed by atoms with Gasteiger partial charge in [0.25, 0.3) is 10.0 Å². The van der Waals surface area contributed by atoms with Crippen LogP contribution in [0.2, 0.25) is 0 Å². The fraction of sp³-hybridized carbons (Fsp3) is 0.0500. The Balaban J connectivity index is 2.00. The zero-order valence-electron chi connectivity index (χ0n) is 14.5. The van der Waals surface area contributed by atoms with Crippen molar-refractivity contribution in [2.24, 2.45) is 0 Å². The Bertz CT molecular complexity index is 1130. The summed E-state index contributed by atoms with van der Waals surface area (Å²) in [6, 6.07) is 16.5. The molecule has 0 saturated heterocycles. The molecule has 0 fully saturated rings. The van der Waals surface area contributed by atoms with Crippen LogP contribution in [0.1, 0.15) is 10.4 Å². The summed E-state index contributed by atoms with van der Waals surface area (Å²) in [4.78, 5) is 11.3. The van der Waals surface area contributed by atoms with Gasteiger partial charge in [0.15, 0.2) is 0 Å². The molecule has 3 aromatic carbocycles. The van der Waals surface area contributed by atoms with E-state index in [9.17, 15) is 22.0 Å². The number of methoxy groups -OCH3 is 1. The van der Waals surface area contributed by atoms with Crippen LogP contribution in [-0.2, 0) is 14.8 Å². The van der Waals surface area contributed by atoms with Crippen LogP contribution in [0.5, 0.6) is 0 Å². The summed E-state index contributed by atoms with van der Waals surface area (Å²) in [7, 11) is -3.08. The number of anilines is 1. The number of nitrogens with one attached hydrogen (secondary N) is 1. The van der Waals surface area contributed by atoms with Crippen LogP contribution in [-0.4, -0.2) is 21.5 Å². The first-order chi connectivity index (χ1) is 13.3. The summed E-state index contributed by atoms with van der Waals surface area (Å²) < 4.78 is 60.2. The van der Waals surface area contributed by atoms with Crippen molar-refractivity contribution >= 4 is 21.7 Å². The molecule has 0 atom stereocenters. The van der Waals surface area contributed by atoms with Crippen molar-refractivity contribution in [2.75, 3.05) is 11.8 Å². The van der Waals surface area contributed by atoms with Gasteiger partial charge in [-0.2, -0.15) is 0 Å². The smallest absolute Gasteiger partial charge is 0.337 e. The van der Waals surface area contributed by atoms with Crippen molar-refractivity contribution in [3.8, 4) is 11.1 Å².